The van der Waals surface area contributed by atoms with E-state index in [1.54, 1.807) is 0 Å². The number of halogens is 1. The Kier molecular flexibility index (Phi) is 4.20. The predicted octanol–water partition coefficient (Wildman–Crippen LogP) is 2.66. The fourth-order valence-corrected chi connectivity index (χ4v) is 2.96. The third kappa shape index (κ3) is 3.24. The molecule has 1 aliphatic rings. The molecule has 3 rings (SSSR count). The van der Waals surface area contributed by atoms with E-state index in [9.17, 15) is 4.79 Å². The van der Waals surface area contributed by atoms with Gasteiger partial charge in [0, 0.05) is 9.26 Å². The van der Waals surface area contributed by atoms with Crippen LogP contribution in [0.25, 0.3) is 0 Å². The lowest BCUT2D eigenvalue weighted by molar-refractivity contribution is 0.101. The van der Waals surface area contributed by atoms with Crippen molar-refractivity contribution in [3.63, 3.8) is 0 Å². The van der Waals surface area contributed by atoms with Crippen LogP contribution in [-0.4, -0.2) is 22.6 Å². The molecule has 21 heavy (non-hydrogen) atoms. The molecule has 0 radical (unpaired) electrons. The Labute approximate surface area is 135 Å². The van der Waals surface area contributed by atoms with Crippen LogP contribution < -0.4 is 10.6 Å². The molecule has 1 saturated heterocycles. The van der Waals surface area contributed by atoms with Gasteiger partial charge in [-0.05, 0) is 72.7 Å². The van der Waals surface area contributed by atoms with Gasteiger partial charge in [-0.1, -0.05) is 5.16 Å². The van der Waals surface area contributed by atoms with Crippen LogP contribution in [0.5, 0.6) is 0 Å². The predicted molar refractivity (Wildman–Crippen MR) is 86.1 cm³/mol. The van der Waals surface area contributed by atoms with Crippen LogP contribution in [-0.2, 0) is 0 Å². The van der Waals surface area contributed by atoms with Gasteiger partial charge in [-0.15, -0.1) is 0 Å². The van der Waals surface area contributed by atoms with E-state index in [1.807, 2.05) is 25.1 Å². The summed E-state index contributed by atoms with van der Waals surface area (Å²) in [5.41, 5.74) is 1.75. The van der Waals surface area contributed by atoms with E-state index in [0.717, 1.165) is 34.2 Å². The second-order valence-corrected chi connectivity index (χ2v) is 6.26. The summed E-state index contributed by atoms with van der Waals surface area (Å²) in [5.74, 6) is 0.195. The van der Waals surface area contributed by atoms with Crippen molar-refractivity contribution in [3.8, 4) is 0 Å². The lowest BCUT2D eigenvalue weighted by atomic mass is 10.2. The van der Waals surface area contributed by atoms with Crippen molar-refractivity contribution >= 4 is 34.2 Å². The molecule has 1 aromatic heterocycles. The molecule has 1 aliphatic heterocycles. The first kappa shape index (κ1) is 14.5. The first-order valence-corrected chi connectivity index (χ1v) is 7.86. The van der Waals surface area contributed by atoms with E-state index in [0.29, 0.717) is 5.89 Å². The zero-order chi connectivity index (χ0) is 14.8. The Morgan fingerprint density at radius 2 is 2.38 bits per heavy atom. The average Bonchev–Trinajstić information content (AvgIpc) is 3.10. The van der Waals surface area contributed by atoms with Crippen molar-refractivity contribution < 1.29 is 9.32 Å². The molecule has 2 N–H and O–H groups in total. The van der Waals surface area contributed by atoms with E-state index in [1.165, 1.54) is 0 Å². The molecule has 0 saturated carbocycles. The van der Waals surface area contributed by atoms with E-state index in [-0.39, 0.29) is 17.8 Å². The number of anilines is 1. The Morgan fingerprint density at radius 3 is 3.10 bits per heavy atom. The van der Waals surface area contributed by atoms with Gasteiger partial charge in [0.2, 0.25) is 5.89 Å². The van der Waals surface area contributed by atoms with Crippen LogP contribution in [0.15, 0.2) is 22.7 Å². The molecular formula is C14H15IN4O2. The topological polar surface area (TPSA) is 80.0 Å². The maximum Gasteiger partial charge on any atom is 0.297 e. The van der Waals surface area contributed by atoms with Gasteiger partial charge >= 0.3 is 0 Å². The van der Waals surface area contributed by atoms with E-state index >= 15 is 0 Å². The largest absolute Gasteiger partial charge is 0.337 e. The molecule has 2 heterocycles. The number of rotatable bonds is 3. The first-order valence-electron chi connectivity index (χ1n) is 6.78. The Balaban J connectivity index is 1.73. The molecule has 7 heteroatoms. The van der Waals surface area contributed by atoms with Gasteiger partial charge in [0.1, 0.15) is 0 Å². The number of aromatic nitrogens is 2. The van der Waals surface area contributed by atoms with Crippen molar-refractivity contribution in [2.45, 2.75) is 25.8 Å². The highest BCUT2D eigenvalue weighted by Gasteiger charge is 2.24. The first-order chi connectivity index (χ1) is 10.1. The average molecular weight is 398 g/mol. The van der Waals surface area contributed by atoms with Crippen LogP contribution in [0.1, 0.15) is 41.0 Å². The minimum absolute atomic E-state index is 0.0663. The van der Waals surface area contributed by atoms with Crippen molar-refractivity contribution in [2.75, 3.05) is 11.9 Å². The van der Waals surface area contributed by atoms with E-state index in [2.05, 4.69) is 43.4 Å². The number of hydrogen-bond acceptors (Lipinski definition) is 5. The zero-order valence-corrected chi connectivity index (χ0v) is 13.7. The maximum absolute atomic E-state index is 12.2. The summed E-state index contributed by atoms with van der Waals surface area (Å²) in [7, 11) is 0. The summed E-state index contributed by atoms with van der Waals surface area (Å²) < 4.78 is 6.29. The maximum atomic E-state index is 12.2. The third-order valence-electron chi connectivity index (χ3n) is 3.44. The van der Waals surface area contributed by atoms with Gasteiger partial charge in [-0.2, -0.15) is 4.98 Å². The van der Waals surface area contributed by atoms with Crippen LogP contribution in [0.2, 0.25) is 0 Å². The number of aryl methyl sites for hydroxylation is 1. The highest BCUT2D eigenvalue weighted by molar-refractivity contribution is 14.1. The van der Waals surface area contributed by atoms with Crippen molar-refractivity contribution in [3.05, 3.63) is 39.0 Å². The normalized spacial score (nSPS) is 17.9. The molecule has 1 fully saturated rings. The summed E-state index contributed by atoms with van der Waals surface area (Å²) in [6, 6.07) is 5.88. The minimum atomic E-state index is -0.354. The molecule has 6 nitrogen and oxygen atoms in total. The molecule has 1 atom stereocenters. The summed E-state index contributed by atoms with van der Waals surface area (Å²) in [5, 5.41) is 9.84. The lowest BCUT2D eigenvalue weighted by Crippen LogP contribution is -2.16. The van der Waals surface area contributed by atoms with Gasteiger partial charge in [0.15, 0.2) is 0 Å². The minimum Gasteiger partial charge on any atom is -0.337 e. The van der Waals surface area contributed by atoms with Crippen LogP contribution >= 0.6 is 22.6 Å². The fraction of sp³-hybridized carbons (Fsp3) is 0.357. The molecule has 110 valence electrons. The summed E-state index contributed by atoms with van der Waals surface area (Å²) >= 11 is 2.23. The van der Waals surface area contributed by atoms with Gasteiger partial charge in [-0.25, -0.2) is 0 Å². The van der Waals surface area contributed by atoms with Crippen molar-refractivity contribution in [2.24, 2.45) is 0 Å². The van der Waals surface area contributed by atoms with Crippen molar-refractivity contribution in [1.29, 1.82) is 0 Å². The second kappa shape index (κ2) is 6.10. The lowest BCUT2D eigenvalue weighted by Gasteiger charge is -2.06. The number of carbonyl (C=O) groups is 1. The van der Waals surface area contributed by atoms with Crippen LogP contribution in [0, 0.1) is 10.5 Å². The van der Waals surface area contributed by atoms with Crippen LogP contribution in [0.3, 0.4) is 0 Å². The Morgan fingerprint density at radius 1 is 1.52 bits per heavy atom. The number of nitrogens with one attached hydrogen (secondary N) is 2. The third-order valence-corrected chi connectivity index (χ3v) is 4.11. The van der Waals surface area contributed by atoms with E-state index in [4.69, 9.17) is 4.52 Å². The molecule has 0 spiro atoms. The quantitative estimate of drug-likeness (QED) is 0.778. The fourth-order valence-electron chi connectivity index (χ4n) is 2.31. The van der Waals surface area contributed by atoms with E-state index < -0.39 is 0 Å². The monoisotopic (exact) mass is 398 g/mol. The number of hydrogen-bond donors (Lipinski definition) is 2. The SMILES string of the molecule is Cc1cc(I)ccc1NC(=O)c1noc(C2CCCN2)n1. The molecule has 1 aromatic carbocycles. The van der Waals surface area contributed by atoms with Crippen molar-refractivity contribution in [1.82, 2.24) is 15.5 Å². The number of benzene rings is 1. The molecule has 0 bridgehead atoms. The van der Waals surface area contributed by atoms with Gasteiger partial charge in [0.25, 0.3) is 11.7 Å². The summed E-state index contributed by atoms with van der Waals surface area (Å²) in [4.78, 5) is 16.3. The number of carbonyl (C=O) groups excluding carboxylic acids is 1. The summed E-state index contributed by atoms with van der Waals surface area (Å²) in [6.45, 7) is 2.89. The van der Waals surface area contributed by atoms with Crippen LogP contribution in [0.4, 0.5) is 5.69 Å². The molecule has 1 amide bonds. The molecule has 0 aliphatic carbocycles. The standard InChI is InChI=1S/C14H15IN4O2/c1-8-7-9(15)4-5-10(8)17-13(20)12-18-14(21-19-12)11-3-2-6-16-11/h4-5,7,11,16H,2-3,6H2,1H3,(H,17,20). The second-order valence-electron chi connectivity index (χ2n) is 5.02. The highest BCUT2D eigenvalue weighted by Crippen LogP contribution is 2.22. The highest BCUT2D eigenvalue weighted by atomic mass is 127. The molecule has 2 aromatic rings. The summed E-state index contributed by atoms with van der Waals surface area (Å²) in [6.07, 6.45) is 2.04. The number of amides is 1. The van der Waals surface area contributed by atoms with Gasteiger partial charge < -0.3 is 15.2 Å². The zero-order valence-electron chi connectivity index (χ0n) is 11.5. The Bertz CT molecular complexity index is 665. The molecular weight excluding hydrogens is 383 g/mol. The van der Waals surface area contributed by atoms with Gasteiger partial charge in [0.05, 0.1) is 6.04 Å². The smallest absolute Gasteiger partial charge is 0.297 e. The molecule has 1 unspecified atom stereocenters. The number of nitrogens with zero attached hydrogens (tertiary/aromatic N) is 2. The Hall–Kier alpha value is -1.48. The van der Waals surface area contributed by atoms with Gasteiger partial charge in [-0.3, -0.25) is 4.79 Å².